The van der Waals surface area contributed by atoms with Crippen LogP contribution >= 0.6 is 11.6 Å². The van der Waals surface area contributed by atoms with E-state index in [0.29, 0.717) is 10.7 Å². The van der Waals surface area contributed by atoms with Crippen LogP contribution in [0, 0.1) is 0 Å². The Balaban J connectivity index is 1.82. The van der Waals surface area contributed by atoms with Gasteiger partial charge in [0, 0.05) is 42.2 Å². The Morgan fingerprint density at radius 1 is 1.00 bits per heavy atom. The lowest BCUT2D eigenvalue weighted by molar-refractivity contribution is 0.0658. The van der Waals surface area contributed by atoms with Gasteiger partial charge in [-0.1, -0.05) is 54.1 Å². The molecule has 2 heterocycles. The topological polar surface area (TPSA) is 36.4 Å². The van der Waals surface area contributed by atoms with Crippen molar-refractivity contribution < 1.29 is 4.79 Å². The number of fused-ring (bicyclic) bond motifs is 1. The van der Waals surface area contributed by atoms with Crippen molar-refractivity contribution in [3.05, 3.63) is 65.3 Å². The normalized spacial score (nSPS) is 15.4. The van der Waals surface area contributed by atoms with E-state index in [1.54, 1.807) is 0 Å². The molecule has 1 aromatic heterocycles. The van der Waals surface area contributed by atoms with Gasteiger partial charge < -0.3 is 9.80 Å². The maximum absolute atomic E-state index is 13.0. The third kappa shape index (κ3) is 3.18. The molecular formula is C21H20ClN3O. The molecular weight excluding hydrogens is 346 g/mol. The molecule has 0 radical (unpaired) electrons. The molecule has 26 heavy (non-hydrogen) atoms. The number of rotatable bonds is 2. The molecule has 1 aliphatic rings. The van der Waals surface area contributed by atoms with E-state index in [1.807, 2.05) is 59.5 Å². The summed E-state index contributed by atoms with van der Waals surface area (Å²) >= 11 is 6.41. The summed E-state index contributed by atoms with van der Waals surface area (Å²) in [5, 5.41) is 2.62. The third-order valence-electron chi connectivity index (χ3n) is 4.88. The van der Waals surface area contributed by atoms with Crippen LogP contribution in [0.25, 0.3) is 22.0 Å². The molecule has 5 heteroatoms. The van der Waals surface area contributed by atoms with E-state index in [0.717, 1.165) is 48.2 Å². The van der Waals surface area contributed by atoms with Crippen LogP contribution < -0.4 is 0 Å². The Labute approximate surface area is 158 Å². The number of carbonyl (C=O) groups excluding carboxylic acids is 1. The van der Waals surface area contributed by atoms with Gasteiger partial charge in [-0.3, -0.25) is 4.79 Å². The number of nitrogens with zero attached hydrogens (tertiary/aromatic N) is 3. The monoisotopic (exact) mass is 365 g/mol. The molecule has 4 nitrogen and oxygen atoms in total. The second-order valence-corrected chi connectivity index (χ2v) is 7.06. The second-order valence-electron chi connectivity index (χ2n) is 6.65. The number of likely N-dealkylation sites (N-methyl/N-ethyl adjacent to an activating group) is 1. The van der Waals surface area contributed by atoms with E-state index in [1.165, 1.54) is 0 Å². The Morgan fingerprint density at radius 3 is 2.46 bits per heavy atom. The highest BCUT2D eigenvalue weighted by Gasteiger charge is 2.23. The summed E-state index contributed by atoms with van der Waals surface area (Å²) in [5.74, 6) is -0.0165. The summed E-state index contributed by atoms with van der Waals surface area (Å²) < 4.78 is 0. The Kier molecular flexibility index (Phi) is 4.62. The summed E-state index contributed by atoms with van der Waals surface area (Å²) in [4.78, 5) is 21.9. The summed E-state index contributed by atoms with van der Waals surface area (Å²) in [5.41, 5.74) is 2.08. The molecule has 0 spiro atoms. The quantitative estimate of drug-likeness (QED) is 0.690. The van der Waals surface area contributed by atoms with E-state index < -0.39 is 0 Å². The largest absolute Gasteiger partial charge is 0.335 e. The van der Waals surface area contributed by atoms with Crippen molar-refractivity contribution in [2.75, 3.05) is 33.2 Å². The van der Waals surface area contributed by atoms with Gasteiger partial charge in [0.25, 0.3) is 5.91 Å². The van der Waals surface area contributed by atoms with E-state index >= 15 is 0 Å². The van der Waals surface area contributed by atoms with E-state index in [4.69, 9.17) is 16.6 Å². The predicted octanol–water partition coefficient (Wildman–Crippen LogP) is 3.94. The zero-order chi connectivity index (χ0) is 18.1. The van der Waals surface area contributed by atoms with Crippen molar-refractivity contribution in [2.45, 2.75) is 0 Å². The summed E-state index contributed by atoms with van der Waals surface area (Å²) in [6, 6.07) is 17.5. The number of amides is 1. The molecule has 0 unspecified atom stereocenters. The first-order valence-electron chi connectivity index (χ1n) is 8.76. The molecule has 0 saturated carbocycles. The van der Waals surface area contributed by atoms with Gasteiger partial charge in [0.1, 0.15) is 5.69 Å². The molecule has 132 valence electrons. The van der Waals surface area contributed by atoms with Gasteiger partial charge in [0.2, 0.25) is 0 Å². The van der Waals surface area contributed by atoms with Crippen LogP contribution in [0.2, 0.25) is 5.02 Å². The highest BCUT2D eigenvalue weighted by molar-refractivity contribution is 6.33. The van der Waals surface area contributed by atoms with Crippen LogP contribution in [0.1, 0.15) is 10.5 Å². The van der Waals surface area contributed by atoms with Crippen molar-refractivity contribution in [1.82, 2.24) is 14.8 Å². The molecule has 0 N–H and O–H groups in total. The Morgan fingerprint density at radius 2 is 1.69 bits per heavy atom. The van der Waals surface area contributed by atoms with Gasteiger partial charge in [-0.05, 0) is 24.6 Å². The van der Waals surface area contributed by atoms with E-state index in [-0.39, 0.29) is 5.91 Å². The van der Waals surface area contributed by atoms with E-state index in [9.17, 15) is 4.79 Å². The summed E-state index contributed by atoms with van der Waals surface area (Å²) in [6.45, 7) is 3.23. The number of piperazine rings is 1. The molecule has 1 fully saturated rings. The number of benzene rings is 2. The van der Waals surface area contributed by atoms with Crippen molar-refractivity contribution in [3.63, 3.8) is 0 Å². The lowest BCUT2D eigenvalue weighted by atomic mass is 10.0. The number of hydrogen-bond acceptors (Lipinski definition) is 3. The zero-order valence-corrected chi connectivity index (χ0v) is 15.4. The molecule has 0 atom stereocenters. The average molecular weight is 366 g/mol. The third-order valence-corrected chi connectivity index (χ3v) is 5.21. The Hall–Kier alpha value is -2.43. The predicted molar refractivity (Wildman–Crippen MR) is 106 cm³/mol. The van der Waals surface area contributed by atoms with Crippen LogP contribution in [0.3, 0.4) is 0 Å². The highest BCUT2D eigenvalue weighted by atomic mass is 35.5. The molecule has 1 saturated heterocycles. The highest BCUT2D eigenvalue weighted by Crippen LogP contribution is 2.32. The zero-order valence-electron chi connectivity index (χ0n) is 14.7. The molecule has 1 aliphatic heterocycles. The van der Waals surface area contributed by atoms with Crippen LogP contribution in [-0.2, 0) is 0 Å². The number of aromatic nitrogens is 1. The molecule has 3 aromatic rings. The Bertz CT molecular complexity index is 964. The van der Waals surface area contributed by atoms with Gasteiger partial charge in [-0.2, -0.15) is 0 Å². The van der Waals surface area contributed by atoms with Crippen LogP contribution in [0.15, 0.2) is 54.6 Å². The fraction of sp³-hybridized carbons (Fsp3) is 0.238. The lowest BCUT2D eigenvalue weighted by Crippen LogP contribution is -2.47. The first-order valence-corrected chi connectivity index (χ1v) is 9.14. The van der Waals surface area contributed by atoms with Crippen LogP contribution in [0.5, 0.6) is 0 Å². The minimum Gasteiger partial charge on any atom is -0.335 e. The number of carbonyl (C=O) groups is 1. The van der Waals surface area contributed by atoms with Crippen LogP contribution in [0.4, 0.5) is 0 Å². The molecule has 0 aliphatic carbocycles. The van der Waals surface area contributed by atoms with Crippen LogP contribution in [-0.4, -0.2) is 53.9 Å². The fourth-order valence-electron chi connectivity index (χ4n) is 3.34. The van der Waals surface area contributed by atoms with Crippen molar-refractivity contribution in [2.24, 2.45) is 0 Å². The maximum Gasteiger partial charge on any atom is 0.272 e. The van der Waals surface area contributed by atoms with Gasteiger partial charge in [-0.25, -0.2) is 4.98 Å². The molecule has 2 aromatic carbocycles. The maximum atomic E-state index is 13.0. The van der Waals surface area contributed by atoms with E-state index in [2.05, 4.69) is 11.9 Å². The standard InChI is InChI=1S/C21H20ClN3O/c1-24-10-12-25(13-11-24)21(26)19-14-15-6-2-3-7-16(15)20(23-19)17-8-4-5-9-18(17)22/h2-9,14H,10-13H2,1H3. The molecule has 1 amide bonds. The first kappa shape index (κ1) is 17.0. The average Bonchev–Trinajstić information content (AvgIpc) is 2.68. The molecule has 4 rings (SSSR count). The number of pyridine rings is 1. The summed E-state index contributed by atoms with van der Waals surface area (Å²) in [7, 11) is 2.07. The number of halogens is 1. The summed E-state index contributed by atoms with van der Waals surface area (Å²) in [6.07, 6.45) is 0. The van der Waals surface area contributed by atoms with Gasteiger partial charge >= 0.3 is 0 Å². The van der Waals surface area contributed by atoms with Crippen molar-refractivity contribution in [1.29, 1.82) is 0 Å². The number of hydrogen-bond donors (Lipinski definition) is 0. The minimum atomic E-state index is -0.0165. The minimum absolute atomic E-state index is 0.0165. The lowest BCUT2D eigenvalue weighted by Gasteiger charge is -2.32. The first-order chi connectivity index (χ1) is 12.6. The SMILES string of the molecule is CN1CCN(C(=O)c2cc3ccccc3c(-c3ccccc3Cl)n2)CC1. The van der Waals surface area contributed by atoms with Crippen molar-refractivity contribution >= 4 is 28.3 Å². The van der Waals surface area contributed by atoms with Gasteiger partial charge in [-0.15, -0.1) is 0 Å². The van der Waals surface area contributed by atoms with Crippen molar-refractivity contribution in [3.8, 4) is 11.3 Å². The second kappa shape index (κ2) is 7.06. The smallest absolute Gasteiger partial charge is 0.272 e. The molecule has 0 bridgehead atoms. The van der Waals surface area contributed by atoms with Gasteiger partial charge in [0.15, 0.2) is 0 Å². The fourth-order valence-corrected chi connectivity index (χ4v) is 3.56. The van der Waals surface area contributed by atoms with Gasteiger partial charge in [0.05, 0.1) is 5.69 Å².